The highest BCUT2D eigenvalue weighted by molar-refractivity contribution is 5.91. The molecule has 2 atom stereocenters. The largest absolute Gasteiger partial charge is 0.459 e. The number of carbonyl (C=O) groups excluding carboxylic acids is 1. The predicted octanol–water partition coefficient (Wildman–Crippen LogP) is 3.76. The summed E-state index contributed by atoms with van der Waals surface area (Å²) in [5.41, 5.74) is 2.81. The van der Waals surface area contributed by atoms with Crippen LogP contribution in [0.5, 0.6) is 0 Å². The molecule has 1 aliphatic rings. The van der Waals surface area contributed by atoms with Gasteiger partial charge in [0.2, 0.25) is 0 Å². The van der Waals surface area contributed by atoms with E-state index >= 15 is 0 Å². The van der Waals surface area contributed by atoms with E-state index in [2.05, 4.69) is 49.9 Å². The standard InChI is InChI=1S/C21H28N2O2/c1-16-8-4-5-9-19(16)10-6-12-22-14-18(3)23(15-17(22)2)21(24)20-11-7-13-25-20/h4-5,7-9,11,13,17-18H,6,10,12,14-15H2,1-3H3. The Morgan fingerprint density at radius 3 is 2.64 bits per heavy atom. The first-order valence-electron chi connectivity index (χ1n) is 9.19. The molecule has 134 valence electrons. The van der Waals surface area contributed by atoms with Crippen LogP contribution in [0.1, 0.15) is 41.9 Å². The molecule has 1 amide bonds. The Bertz CT molecular complexity index is 696. The highest BCUT2D eigenvalue weighted by Crippen LogP contribution is 2.19. The average Bonchev–Trinajstić information content (AvgIpc) is 3.13. The van der Waals surface area contributed by atoms with Gasteiger partial charge in [-0.1, -0.05) is 24.3 Å². The Morgan fingerprint density at radius 1 is 1.12 bits per heavy atom. The van der Waals surface area contributed by atoms with Crippen LogP contribution in [0.15, 0.2) is 47.1 Å². The third kappa shape index (κ3) is 4.13. The molecule has 0 radical (unpaired) electrons. The molecule has 0 N–H and O–H groups in total. The summed E-state index contributed by atoms with van der Waals surface area (Å²) in [6, 6.07) is 12.7. The summed E-state index contributed by atoms with van der Waals surface area (Å²) in [6.45, 7) is 9.26. The molecular formula is C21H28N2O2. The van der Waals surface area contributed by atoms with Crippen LogP contribution in [0, 0.1) is 6.92 Å². The highest BCUT2D eigenvalue weighted by Gasteiger charge is 2.32. The Hall–Kier alpha value is -2.07. The van der Waals surface area contributed by atoms with E-state index in [0.29, 0.717) is 11.8 Å². The minimum Gasteiger partial charge on any atom is -0.459 e. The molecule has 4 nitrogen and oxygen atoms in total. The number of piperazine rings is 1. The monoisotopic (exact) mass is 340 g/mol. The fourth-order valence-electron chi connectivity index (χ4n) is 3.70. The minimum atomic E-state index is 0.00362. The van der Waals surface area contributed by atoms with Gasteiger partial charge in [-0.25, -0.2) is 0 Å². The van der Waals surface area contributed by atoms with Crippen LogP contribution in [0.4, 0.5) is 0 Å². The van der Waals surface area contributed by atoms with Gasteiger partial charge >= 0.3 is 0 Å². The first-order valence-corrected chi connectivity index (χ1v) is 9.19. The van der Waals surface area contributed by atoms with Gasteiger partial charge in [-0.3, -0.25) is 9.69 Å². The summed E-state index contributed by atoms with van der Waals surface area (Å²) in [6.07, 6.45) is 3.82. The summed E-state index contributed by atoms with van der Waals surface area (Å²) in [7, 11) is 0. The van der Waals surface area contributed by atoms with E-state index in [1.807, 2.05) is 4.90 Å². The molecule has 1 aromatic heterocycles. The molecule has 0 bridgehead atoms. The number of amides is 1. The summed E-state index contributed by atoms with van der Waals surface area (Å²) < 4.78 is 5.28. The summed E-state index contributed by atoms with van der Waals surface area (Å²) in [5.74, 6) is 0.441. The molecule has 0 aliphatic carbocycles. The Morgan fingerprint density at radius 2 is 1.92 bits per heavy atom. The van der Waals surface area contributed by atoms with Crippen LogP contribution in [-0.2, 0) is 6.42 Å². The molecule has 1 aliphatic heterocycles. The van der Waals surface area contributed by atoms with E-state index in [-0.39, 0.29) is 11.9 Å². The van der Waals surface area contributed by atoms with E-state index in [4.69, 9.17) is 4.42 Å². The number of benzene rings is 1. The lowest BCUT2D eigenvalue weighted by Crippen LogP contribution is -2.58. The van der Waals surface area contributed by atoms with Crippen LogP contribution in [-0.4, -0.2) is 47.4 Å². The maximum absolute atomic E-state index is 12.6. The fourth-order valence-corrected chi connectivity index (χ4v) is 3.70. The van der Waals surface area contributed by atoms with Crippen LogP contribution in [0.25, 0.3) is 0 Å². The van der Waals surface area contributed by atoms with Crippen molar-refractivity contribution in [3.63, 3.8) is 0 Å². The van der Waals surface area contributed by atoms with Crippen LogP contribution < -0.4 is 0 Å². The smallest absolute Gasteiger partial charge is 0.289 e. The quantitative estimate of drug-likeness (QED) is 0.832. The van der Waals surface area contributed by atoms with Gasteiger partial charge in [-0.05, 0) is 63.4 Å². The van der Waals surface area contributed by atoms with Gasteiger partial charge in [0.1, 0.15) is 0 Å². The number of hydrogen-bond donors (Lipinski definition) is 0. The summed E-state index contributed by atoms with van der Waals surface area (Å²) >= 11 is 0. The van der Waals surface area contributed by atoms with Crippen molar-refractivity contribution in [2.24, 2.45) is 0 Å². The van der Waals surface area contributed by atoms with Gasteiger partial charge < -0.3 is 9.32 Å². The topological polar surface area (TPSA) is 36.7 Å². The molecule has 1 aromatic carbocycles. The number of rotatable bonds is 5. The van der Waals surface area contributed by atoms with Gasteiger partial charge in [0, 0.05) is 25.2 Å². The van der Waals surface area contributed by atoms with E-state index in [9.17, 15) is 4.79 Å². The third-order valence-electron chi connectivity index (χ3n) is 5.26. The molecule has 25 heavy (non-hydrogen) atoms. The Balaban J connectivity index is 1.53. The maximum Gasteiger partial charge on any atom is 0.289 e. The number of nitrogens with zero attached hydrogens (tertiary/aromatic N) is 2. The summed E-state index contributed by atoms with van der Waals surface area (Å²) in [5, 5.41) is 0. The molecule has 3 rings (SSSR count). The van der Waals surface area contributed by atoms with Gasteiger partial charge in [-0.2, -0.15) is 0 Å². The number of hydrogen-bond acceptors (Lipinski definition) is 3. The zero-order valence-corrected chi connectivity index (χ0v) is 15.4. The van der Waals surface area contributed by atoms with E-state index in [1.54, 1.807) is 18.4 Å². The number of aryl methyl sites for hydroxylation is 2. The molecule has 2 heterocycles. The van der Waals surface area contributed by atoms with Crippen LogP contribution in [0.3, 0.4) is 0 Å². The number of carbonyl (C=O) groups is 1. The van der Waals surface area contributed by atoms with E-state index < -0.39 is 0 Å². The molecular weight excluding hydrogens is 312 g/mol. The number of furan rings is 1. The lowest BCUT2D eigenvalue weighted by atomic mass is 10.0. The van der Waals surface area contributed by atoms with Crippen molar-refractivity contribution in [1.29, 1.82) is 0 Å². The van der Waals surface area contributed by atoms with Crippen molar-refractivity contribution >= 4 is 5.91 Å². The lowest BCUT2D eigenvalue weighted by molar-refractivity contribution is 0.0290. The van der Waals surface area contributed by atoms with Gasteiger partial charge in [-0.15, -0.1) is 0 Å². The zero-order valence-electron chi connectivity index (χ0n) is 15.4. The van der Waals surface area contributed by atoms with Crippen molar-refractivity contribution in [2.45, 2.75) is 45.7 Å². The molecule has 0 spiro atoms. The average molecular weight is 340 g/mol. The second-order valence-corrected chi connectivity index (χ2v) is 7.16. The SMILES string of the molecule is Cc1ccccc1CCCN1CC(C)N(C(=O)c2ccco2)CC1C. The highest BCUT2D eigenvalue weighted by atomic mass is 16.3. The second-order valence-electron chi connectivity index (χ2n) is 7.16. The first kappa shape index (κ1) is 17.7. The molecule has 1 fully saturated rings. The fraction of sp³-hybridized carbons (Fsp3) is 0.476. The lowest BCUT2D eigenvalue weighted by Gasteiger charge is -2.44. The molecule has 0 saturated carbocycles. The minimum absolute atomic E-state index is 0.00362. The van der Waals surface area contributed by atoms with Crippen LogP contribution >= 0.6 is 0 Å². The van der Waals surface area contributed by atoms with Crippen molar-refractivity contribution in [1.82, 2.24) is 9.80 Å². The van der Waals surface area contributed by atoms with E-state index in [1.165, 1.54) is 11.1 Å². The zero-order chi connectivity index (χ0) is 17.8. The third-order valence-corrected chi connectivity index (χ3v) is 5.26. The van der Waals surface area contributed by atoms with Crippen molar-refractivity contribution in [2.75, 3.05) is 19.6 Å². The normalized spacial score (nSPS) is 21.5. The molecule has 2 aromatic rings. The van der Waals surface area contributed by atoms with Gasteiger partial charge in [0.25, 0.3) is 5.91 Å². The Labute approximate surface area is 150 Å². The first-order chi connectivity index (χ1) is 12.1. The molecule has 1 saturated heterocycles. The van der Waals surface area contributed by atoms with Crippen molar-refractivity contribution < 1.29 is 9.21 Å². The Kier molecular flexibility index (Phi) is 5.59. The van der Waals surface area contributed by atoms with Gasteiger partial charge in [0.15, 0.2) is 5.76 Å². The summed E-state index contributed by atoms with van der Waals surface area (Å²) in [4.78, 5) is 17.0. The maximum atomic E-state index is 12.6. The molecule has 4 heteroatoms. The van der Waals surface area contributed by atoms with Crippen molar-refractivity contribution in [3.8, 4) is 0 Å². The van der Waals surface area contributed by atoms with E-state index in [0.717, 1.165) is 32.5 Å². The van der Waals surface area contributed by atoms with Gasteiger partial charge in [0.05, 0.1) is 6.26 Å². The molecule has 2 unspecified atom stereocenters. The second kappa shape index (κ2) is 7.87. The van der Waals surface area contributed by atoms with Crippen molar-refractivity contribution in [3.05, 3.63) is 59.5 Å². The van der Waals surface area contributed by atoms with Crippen LogP contribution in [0.2, 0.25) is 0 Å². The predicted molar refractivity (Wildman–Crippen MR) is 99.7 cm³/mol.